The molecular weight excluding hydrogens is 508 g/mol. The van der Waals surface area contributed by atoms with E-state index in [0.29, 0.717) is 27.9 Å². The molecule has 0 saturated carbocycles. The highest BCUT2D eigenvalue weighted by Gasteiger charge is 2.36. The smallest absolute Gasteiger partial charge is 0.251 e. The Balaban J connectivity index is 1.66. The Hall–Kier alpha value is -4.18. The molecule has 0 unspecified atom stereocenters. The van der Waals surface area contributed by atoms with Gasteiger partial charge in [0.2, 0.25) is 11.7 Å². The van der Waals surface area contributed by atoms with E-state index in [-0.39, 0.29) is 13.1 Å². The van der Waals surface area contributed by atoms with Gasteiger partial charge in [-0.15, -0.1) is 10.2 Å². The van der Waals surface area contributed by atoms with Crippen LogP contribution in [0.5, 0.6) is 5.75 Å². The zero-order valence-corrected chi connectivity index (χ0v) is 22.3. The highest BCUT2D eigenvalue weighted by Crippen LogP contribution is 2.28. The number of tetrazole rings is 1. The molecule has 0 fully saturated rings. The number of nitrogens with zero attached hydrogens (tertiary/aromatic N) is 5. The van der Waals surface area contributed by atoms with Crippen molar-refractivity contribution >= 4 is 23.4 Å². The van der Waals surface area contributed by atoms with E-state index in [9.17, 15) is 9.59 Å². The number of methoxy groups -OCH3 is 1. The number of furan rings is 1. The van der Waals surface area contributed by atoms with Gasteiger partial charge in [-0.05, 0) is 74.0 Å². The van der Waals surface area contributed by atoms with Gasteiger partial charge in [0.1, 0.15) is 18.1 Å². The van der Waals surface area contributed by atoms with Crippen molar-refractivity contribution in [1.82, 2.24) is 30.4 Å². The van der Waals surface area contributed by atoms with Crippen molar-refractivity contribution in [2.75, 3.05) is 7.11 Å². The first kappa shape index (κ1) is 26.9. The lowest BCUT2D eigenvalue weighted by Gasteiger charge is -2.32. The average Bonchev–Trinajstić information content (AvgIpc) is 3.56. The number of aromatic nitrogens is 4. The molecule has 0 spiro atoms. The first-order chi connectivity index (χ1) is 18.1. The molecule has 2 aromatic carbocycles. The molecule has 38 heavy (non-hydrogen) atoms. The summed E-state index contributed by atoms with van der Waals surface area (Å²) in [6.07, 6.45) is 1.46. The summed E-state index contributed by atoms with van der Waals surface area (Å²) in [5.41, 5.74) is 0.852. The van der Waals surface area contributed by atoms with Crippen molar-refractivity contribution in [2.24, 2.45) is 0 Å². The summed E-state index contributed by atoms with van der Waals surface area (Å²) in [7, 11) is 1.58. The number of hydrogen-bond donors (Lipinski definition) is 1. The molecule has 2 aromatic heterocycles. The van der Waals surface area contributed by atoms with E-state index in [0.717, 1.165) is 5.56 Å². The molecule has 0 bridgehead atoms. The van der Waals surface area contributed by atoms with E-state index in [1.54, 1.807) is 61.7 Å². The largest absolute Gasteiger partial charge is 0.497 e. The molecule has 198 valence electrons. The molecule has 10 nitrogen and oxygen atoms in total. The highest BCUT2D eigenvalue weighted by molar-refractivity contribution is 6.31. The summed E-state index contributed by atoms with van der Waals surface area (Å²) in [5, 5.41) is 15.9. The fourth-order valence-electron chi connectivity index (χ4n) is 3.82. The minimum Gasteiger partial charge on any atom is -0.497 e. The summed E-state index contributed by atoms with van der Waals surface area (Å²) in [6.45, 7) is 5.40. The van der Waals surface area contributed by atoms with Gasteiger partial charge in [-0.2, -0.15) is 4.80 Å². The Morgan fingerprint density at radius 3 is 2.47 bits per heavy atom. The van der Waals surface area contributed by atoms with Crippen molar-refractivity contribution < 1.29 is 18.7 Å². The quantitative estimate of drug-likeness (QED) is 0.339. The van der Waals surface area contributed by atoms with E-state index in [4.69, 9.17) is 20.8 Å². The van der Waals surface area contributed by atoms with Crippen molar-refractivity contribution in [1.29, 1.82) is 0 Å². The molecule has 0 aliphatic rings. The number of benzene rings is 2. The van der Waals surface area contributed by atoms with E-state index < -0.39 is 23.4 Å². The van der Waals surface area contributed by atoms with Gasteiger partial charge in [0.25, 0.3) is 5.91 Å². The van der Waals surface area contributed by atoms with Gasteiger partial charge in [-0.1, -0.05) is 29.8 Å². The lowest BCUT2D eigenvalue weighted by molar-refractivity contribution is -0.143. The number of nitrogens with one attached hydrogen (secondary N) is 1. The summed E-state index contributed by atoms with van der Waals surface area (Å²) in [5.74, 6) is 0.556. The minimum atomic E-state index is -1.06. The second-order valence-electron chi connectivity index (χ2n) is 9.64. The Bertz CT molecular complexity index is 1380. The van der Waals surface area contributed by atoms with Gasteiger partial charge in [-0.25, -0.2) is 0 Å². The van der Waals surface area contributed by atoms with Gasteiger partial charge < -0.3 is 19.4 Å². The fraction of sp³-hybridized carbons (Fsp3) is 0.296. The normalized spacial score (nSPS) is 12.1. The predicted molar refractivity (Wildman–Crippen MR) is 141 cm³/mol. The second kappa shape index (κ2) is 11.5. The lowest BCUT2D eigenvalue weighted by Crippen LogP contribution is -2.49. The highest BCUT2D eigenvalue weighted by atomic mass is 35.5. The number of hydrogen-bond acceptors (Lipinski definition) is 7. The number of rotatable bonds is 9. The topological polar surface area (TPSA) is 115 Å². The Labute approximate surface area is 225 Å². The molecule has 1 atom stereocenters. The van der Waals surface area contributed by atoms with Crippen molar-refractivity contribution in [3.63, 3.8) is 0 Å². The van der Waals surface area contributed by atoms with Gasteiger partial charge >= 0.3 is 0 Å². The minimum absolute atomic E-state index is 0.0570. The summed E-state index contributed by atoms with van der Waals surface area (Å²) in [6, 6.07) is 16.6. The van der Waals surface area contributed by atoms with Gasteiger partial charge in [-0.3, -0.25) is 9.59 Å². The van der Waals surface area contributed by atoms with Crippen molar-refractivity contribution in [3.05, 3.63) is 83.3 Å². The Morgan fingerprint density at radius 1 is 1.11 bits per heavy atom. The molecule has 4 aromatic rings. The second-order valence-corrected chi connectivity index (χ2v) is 10.0. The SMILES string of the molecule is COc1ccc(-c2nnn(CC(=O)N(Cc3ccccc3Cl)[C@@H](C(=O)NC(C)(C)C)c3ccco3)n2)cc1. The molecule has 2 amide bonds. The zero-order valence-electron chi connectivity index (χ0n) is 21.6. The van der Waals surface area contributed by atoms with Crippen LogP contribution in [-0.2, 0) is 22.7 Å². The van der Waals surface area contributed by atoms with Gasteiger partial charge in [0.05, 0.1) is 13.4 Å². The molecule has 0 saturated heterocycles. The Morgan fingerprint density at radius 2 is 1.84 bits per heavy atom. The van der Waals surface area contributed by atoms with E-state index in [1.165, 1.54) is 16.0 Å². The van der Waals surface area contributed by atoms with Crippen LogP contribution < -0.4 is 10.1 Å². The summed E-state index contributed by atoms with van der Waals surface area (Å²) >= 11 is 6.43. The molecule has 0 aliphatic carbocycles. The molecule has 0 aliphatic heterocycles. The molecule has 2 heterocycles. The number of amides is 2. The number of halogens is 1. The first-order valence-corrected chi connectivity index (χ1v) is 12.3. The van der Waals surface area contributed by atoms with Gasteiger partial charge in [0, 0.05) is 22.7 Å². The van der Waals surface area contributed by atoms with Crippen LogP contribution in [0.4, 0.5) is 0 Å². The maximum atomic E-state index is 13.8. The van der Waals surface area contributed by atoms with E-state index >= 15 is 0 Å². The standard InChI is InChI=1S/C27H29ClN6O4/c1-27(2,3)29-26(36)24(22-10-7-15-38-22)33(16-19-8-5-6-9-21(19)28)23(35)17-34-31-25(30-32-34)18-11-13-20(37-4)14-12-18/h5-15,24H,16-17H2,1-4H3,(H,29,36)/t24-/m1/s1. The third-order valence-corrected chi connectivity index (χ3v) is 5.94. The van der Waals surface area contributed by atoms with Crippen LogP contribution >= 0.6 is 11.6 Å². The monoisotopic (exact) mass is 536 g/mol. The van der Waals surface area contributed by atoms with Crippen LogP contribution in [0.1, 0.15) is 38.1 Å². The maximum Gasteiger partial charge on any atom is 0.251 e. The number of carbonyl (C=O) groups excluding carboxylic acids is 2. The third-order valence-electron chi connectivity index (χ3n) is 5.57. The number of carbonyl (C=O) groups is 2. The molecule has 4 rings (SSSR count). The Kier molecular flexibility index (Phi) is 8.11. The number of ether oxygens (including phenoxy) is 1. The predicted octanol–water partition coefficient (Wildman–Crippen LogP) is 4.28. The first-order valence-electron chi connectivity index (χ1n) is 11.9. The summed E-state index contributed by atoms with van der Waals surface area (Å²) in [4.78, 5) is 29.9. The van der Waals surface area contributed by atoms with Crippen molar-refractivity contribution in [2.45, 2.75) is 45.4 Å². The molecule has 1 N–H and O–H groups in total. The van der Waals surface area contributed by atoms with Crippen LogP contribution in [0.25, 0.3) is 11.4 Å². The van der Waals surface area contributed by atoms with Crippen molar-refractivity contribution in [3.8, 4) is 17.1 Å². The third kappa shape index (κ3) is 6.57. The van der Waals surface area contributed by atoms with Crippen LogP contribution in [0.3, 0.4) is 0 Å². The van der Waals surface area contributed by atoms with Gasteiger partial charge in [0.15, 0.2) is 6.04 Å². The molecule has 0 radical (unpaired) electrons. The van der Waals surface area contributed by atoms with Crippen LogP contribution in [-0.4, -0.2) is 49.6 Å². The lowest BCUT2D eigenvalue weighted by atomic mass is 10.1. The molecular formula is C27H29ClN6O4. The van der Waals surface area contributed by atoms with Crippen LogP contribution in [0.2, 0.25) is 5.02 Å². The summed E-state index contributed by atoms with van der Waals surface area (Å²) < 4.78 is 10.8. The van der Waals surface area contributed by atoms with Crippen LogP contribution in [0.15, 0.2) is 71.3 Å². The maximum absolute atomic E-state index is 13.8. The molecule has 11 heteroatoms. The average molecular weight is 537 g/mol. The van der Waals surface area contributed by atoms with E-state index in [2.05, 4.69) is 20.7 Å². The van der Waals surface area contributed by atoms with E-state index in [1.807, 2.05) is 26.8 Å². The fourth-order valence-corrected chi connectivity index (χ4v) is 4.02. The van der Waals surface area contributed by atoms with Crippen LogP contribution in [0, 0.1) is 0 Å². The zero-order chi connectivity index (χ0) is 27.3.